The van der Waals surface area contributed by atoms with Crippen molar-refractivity contribution in [3.8, 4) is 0 Å². The molecule has 2 N–H and O–H groups in total. The third kappa shape index (κ3) is 5.07. The normalized spacial score (nSPS) is 14.6. The maximum Gasteiger partial charge on any atom is 0.325 e. The van der Waals surface area contributed by atoms with E-state index < -0.39 is 6.03 Å². The van der Waals surface area contributed by atoms with E-state index in [1.54, 1.807) is 18.2 Å². The molecule has 148 valence electrons. The first-order valence-corrected chi connectivity index (χ1v) is 9.32. The Bertz CT molecular complexity index is 846. The van der Waals surface area contributed by atoms with E-state index in [9.17, 15) is 14.0 Å². The average molecular weight is 384 g/mol. The summed E-state index contributed by atoms with van der Waals surface area (Å²) in [5.74, 6) is -0.587. The molecule has 28 heavy (non-hydrogen) atoms. The zero-order valence-corrected chi connectivity index (χ0v) is 16.2. The Balaban J connectivity index is 1.44. The molecule has 1 aliphatic heterocycles. The number of carbonyl (C=O) groups excluding carboxylic acids is 2. The highest BCUT2D eigenvalue weighted by molar-refractivity contribution is 6.02. The summed E-state index contributed by atoms with van der Waals surface area (Å²) < 4.78 is 13.0. The Morgan fingerprint density at radius 2 is 1.68 bits per heavy atom. The fourth-order valence-electron chi connectivity index (χ4n) is 3.23. The highest BCUT2D eigenvalue weighted by Gasteiger charge is 2.20. The van der Waals surface area contributed by atoms with Crippen LogP contribution in [0.4, 0.5) is 20.6 Å². The van der Waals surface area contributed by atoms with Gasteiger partial charge in [-0.1, -0.05) is 12.1 Å². The first-order chi connectivity index (χ1) is 13.4. The molecule has 0 saturated carbocycles. The summed E-state index contributed by atoms with van der Waals surface area (Å²) in [7, 11) is 0. The van der Waals surface area contributed by atoms with Gasteiger partial charge in [-0.2, -0.15) is 0 Å². The first-order valence-electron chi connectivity index (χ1n) is 9.32. The van der Waals surface area contributed by atoms with Crippen LogP contribution in [0.15, 0.2) is 42.5 Å². The van der Waals surface area contributed by atoms with Gasteiger partial charge in [-0.25, -0.2) is 9.18 Å². The standard InChI is InChI=1S/C21H25FN4O2/c1-15-4-3-5-19(16(15)2)23-21(28)24-20(27)14-25-10-12-26(13-11-25)18-8-6-17(22)7-9-18/h3-9H,10-14H2,1-2H3,(H2,23,24,27,28). The van der Waals surface area contributed by atoms with Gasteiger partial charge < -0.3 is 10.2 Å². The van der Waals surface area contributed by atoms with Crippen molar-refractivity contribution in [1.29, 1.82) is 0 Å². The third-order valence-electron chi connectivity index (χ3n) is 5.04. The smallest absolute Gasteiger partial charge is 0.325 e. The van der Waals surface area contributed by atoms with Gasteiger partial charge in [0.1, 0.15) is 5.82 Å². The number of aryl methyl sites for hydroxylation is 1. The van der Waals surface area contributed by atoms with E-state index in [2.05, 4.69) is 15.5 Å². The number of hydrogen-bond donors (Lipinski definition) is 2. The summed E-state index contributed by atoms with van der Waals surface area (Å²) in [6.45, 7) is 6.94. The summed E-state index contributed by atoms with van der Waals surface area (Å²) in [5.41, 5.74) is 3.71. The zero-order chi connectivity index (χ0) is 20.1. The number of hydrogen-bond acceptors (Lipinski definition) is 4. The number of anilines is 2. The molecule has 0 bridgehead atoms. The molecule has 3 rings (SSSR count). The number of carbonyl (C=O) groups is 2. The first kappa shape index (κ1) is 19.8. The van der Waals surface area contributed by atoms with Gasteiger partial charge in [0.15, 0.2) is 0 Å². The van der Waals surface area contributed by atoms with Gasteiger partial charge in [0.2, 0.25) is 5.91 Å². The molecule has 0 aliphatic carbocycles. The number of benzene rings is 2. The van der Waals surface area contributed by atoms with E-state index in [-0.39, 0.29) is 18.3 Å². The van der Waals surface area contributed by atoms with Crippen molar-refractivity contribution in [1.82, 2.24) is 10.2 Å². The number of imide groups is 1. The maximum absolute atomic E-state index is 13.0. The van der Waals surface area contributed by atoms with Gasteiger partial charge in [-0.05, 0) is 55.3 Å². The van der Waals surface area contributed by atoms with Crippen LogP contribution in [-0.2, 0) is 4.79 Å². The zero-order valence-electron chi connectivity index (χ0n) is 16.2. The number of nitrogens with one attached hydrogen (secondary N) is 2. The number of nitrogens with zero attached hydrogens (tertiary/aromatic N) is 2. The molecule has 0 radical (unpaired) electrons. The predicted molar refractivity (Wildman–Crippen MR) is 108 cm³/mol. The highest BCUT2D eigenvalue weighted by atomic mass is 19.1. The molecule has 1 heterocycles. The van der Waals surface area contributed by atoms with E-state index in [4.69, 9.17) is 0 Å². The Hall–Kier alpha value is -2.93. The number of amides is 3. The number of urea groups is 1. The second-order valence-corrected chi connectivity index (χ2v) is 6.99. The van der Waals surface area contributed by atoms with Crippen LogP contribution < -0.4 is 15.5 Å². The summed E-state index contributed by atoms with van der Waals surface area (Å²) in [4.78, 5) is 28.4. The quantitative estimate of drug-likeness (QED) is 0.851. The van der Waals surface area contributed by atoms with Crippen molar-refractivity contribution in [2.45, 2.75) is 13.8 Å². The average Bonchev–Trinajstić information content (AvgIpc) is 2.66. The van der Waals surface area contributed by atoms with E-state index in [0.717, 1.165) is 29.9 Å². The fraction of sp³-hybridized carbons (Fsp3) is 0.333. The molecule has 6 nitrogen and oxygen atoms in total. The summed E-state index contributed by atoms with van der Waals surface area (Å²) >= 11 is 0. The number of rotatable bonds is 4. The summed E-state index contributed by atoms with van der Waals surface area (Å²) in [5, 5.41) is 5.11. The monoisotopic (exact) mass is 384 g/mol. The van der Waals surface area contributed by atoms with Crippen LogP contribution in [-0.4, -0.2) is 49.6 Å². The second-order valence-electron chi connectivity index (χ2n) is 6.99. The van der Waals surface area contributed by atoms with E-state index in [1.165, 1.54) is 12.1 Å². The molecule has 1 aliphatic rings. The molecule has 2 aromatic rings. The van der Waals surface area contributed by atoms with Crippen LogP contribution in [0.2, 0.25) is 0 Å². The van der Waals surface area contributed by atoms with Crippen LogP contribution in [0.3, 0.4) is 0 Å². The number of halogens is 1. The number of piperazine rings is 1. The summed E-state index contributed by atoms with van der Waals surface area (Å²) in [6, 6.07) is 11.5. The van der Waals surface area contributed by atoms with Crippen LogP contribution in [0.25, 0.3) is 0 Å². The van der Waals surface area contributed by atoms with Crippen LogP contribution in [0, 0.1) is 19.7 Å². The summed E-state index contributed by atoms with van der Waals surface area (Å²) in [6.07, 6.45) is 0. The molecule has 0 spiro atoms. The maximum atomic E-state index is 13.0. The molecule has 1 fully saturated rings. The van der Waals surface area contributed by atoms with Crippen LogP contribution in [0.1, 0.15) is 11.1 Å². The fourth-order valence-corrected chi connectivity index (χ4v) is 3.23. The van der Waals surface area contributed by atoms with Gasteiger partial charge in [0.25, 0.3) is 0 Å². The Kier molecular flexibility index (Phi) is 6.26. The Labute approximate surface area is 164 Å². The molecule has 7 heteroatoms. The van der Waals surface area contributed by atoms with E-state index in [0.29, 0.717) is 18.8 Å². The second kappa shape index (κ2) is 8.84. The minimum atomic E-state index is -0.524. The Morgan fingerprint density at radius 3 is 2.36 bits per heavy atom. The highest BCUT2D eigenvalue weighted by Crippen LogP contribution is 2.18. The van der Waals surface area contributed by atoms with E-state index in [1.807, 2.05) is 30.9 Å². The van der Waals surface area contributed by atoms with Gasteiger partial charge in [-0.15, -0.1) is 0 Å². The third-order valence-corrected chi connectivity index (χ3v) is 5.04. The minimum Gasteiger partial charge on any atom is -0.369 e. The molecule has 3 amide bonds. The molecule has 0 unspecified atom stereocenters. The lowest BCUT2D eigenvalue weighted by Gasteiger charge is -2.35. The lowest BCUT2D eigenvalue weighted by Crippen LogP contribution is -2.50. The SMILES string of the molecule is Cc1cccc(NC(=O)NC(=O)CN2CCN(c3ccc(F)cc3)CC2)c1C. The molecular weight excluding hydrogens is 359 g/mol. The lowest BCUT2D eigenvalue weighted by molar-refractivity contribution is -0.121. The van der Waals surface area contributed by atoms with Gasteiger partial charge in [0, 0.05) is 37.6 Å². The molecular formula is C21H25FN4O2. The van der Waals surface area contributed by atoms with Crippen molar-refractivity contribution >= 4 is 23.3 Å². The van der Waals surface area contributed by atoms with E-state index >= 15 is 0 Å². The van der Waals surface area contributed by atoms with Gasteiger partial charge >= 0.3 is 6.03 Å². The van der Waals surface area contributed by atoms with Crippen LogP contribution >= 0.6 is 0 Å². The van der Waals surface area contributed by atoms with Crippen molar-refractivity contribution < 1.29 is 14.0 Å². The topological polar surface area (TPSA) is 64.7 Å². The van der Waals surface area contributed by atoms with Crippen LogP contribution in [0.5, 0.6) is 0 Å². The lowest BCUT2D eigenvalue weighted by atomic mass is 10.1. The van der Waals surface area contributed by atoms with Crippen molar-refractivity contribution in [3.05, 3.63) is 59.4 Å². The minimum absolute atomic E-state index is 0.164. The van der Waals surface area contributed by atoms with Gasteiger partial charge in [0.05, 0.1) is 6.54 Å². The van der Waals surface area contributed by atoms with Gasteiger partial charge in [-0.3, -0.25) is 15.0 Å². The largest absolute Gasteiger partial charge is 0.369 e. The van der Waals surface area contributed by atoms with Crippen molar-refractivity contribution in [2.75, 3.05) is 42.9 Å². The predicted octanol–water partition coefficient (Wildman–Crippen LogP) is 2.91. The molecule has 1 saturated heterocycles. The Morgan fingerprint density at radius 1 is 1.00 bits per heavy atom. The van der Waals surface area contributed by atoms with Crippen molar-refractivity contribution in [3.63, 3.8) is 0 Å². The molecule has 2 aromatic carbocycles. The molecule has 0 atom stereocenters. The molecule has 0 aromatic heterocycles. The van der Waals surface area contributed by atoms with Crippen molar-refractivity contribution in [2.24, 2.45) is 0 Å².